The van der Waals surface area contributed by atoms with Crippen LogP contribution in [0.15, 0.2) is 41.5 Å². The monoisotopic (exact) mass is 230 g/mol. The molecule has 5 heteroatoms. The van der Waals surface area contributed by atoms with Crippen LogP contribution < -0.4 is 10.3 Å². The third kappa shape index (κ3) is 2.23. The van der Waals surface area contributed by atoms with Gasteiger partial charge >= 0.3 is 0 Å². The Morgan fingerprint density at radius 1 is 1.29 bits per heavy atom. The van der Waals surface area contributed by atoms with Gasteiger partial charge in [-0.15, -0.1) is 0 Å². The molecule has 0 radical (unpaired) electrons. The average Bonchev–Trinajstić information content (AvgIpc) is 2.39. The van der Waals surface area contributed by atoms with E-state index in [2.05, 4.69) is 9.97 Å². The lowest BCUT2D eigenvalue weighted by Gasteiger charge is -2.01. The van der Waals surface area contributed by atoms with Crippen LogP contribution in [0.5, 0.6) is 5.75 Å². The minimum Gasteiger partial charge on any atom is -0.497 e. The number of nitrogens with one attached hydrogen (secondary N) is 1. The van der Waals surface area contributed by atoms with Crippen LogP contribution in [0, 0.1) is 0 Å². The van der Waals surface area contributed by atoms with E-state index >= 15 is 0 Å². The van der Waals surface area contributed by atoms with E-state index in [1.54, 1.807) is 31.4 Å². The first-order chi connectivity index (χ1) is 8.22. The van der Waals surface area contributed by atoms with Crippen molar-refractivity contribution in [3.05, 3.63) is 58.3 Å². The van der Waals surface area contributed by atoms with Crippen molar-refractivity contribution in [2.45, 2.75) is 0 Å². The summed E-state index contributed by atoms with van der Waals surface area (Å²) in [7, 11) is 1.54. The highest BCUT2D eigenvalue weighted by atomic mass is 16.5. The molecule has 0 bridgehead atoms. The molecular formula is C12H10N2O3. The molecule has 0 unspecified atom stereocenters. The van der Waals surface area contributed by atoms with Crippen molar-refractivity contribution in [2.75, 3.05) is 7.11 Å². The summed E-state index contributed by atoms with van der Waals surface area (Å²) in [6.45, 7) is 0. The van der Waals surface area contributed by atoms with Crippen molar-refractivity contribution in [1.29, 1.82) is 0 Å². The van der Waals surface area contributed by atoms with E-state index in [0.29, 0.717) is 11.3 Å². The van der Waals surface area contributed by atoms with E-state index in [0.717, 1.165) is 0 Å². The van der Waals surface area contributed by atoms with Crippen LogP contribution in [0.4, 0.5) is 0 Å². The highest BCUT2D eigenvalue weighted by molar-refractivity contribution is 6.07. The predicted molar refractivity (Wildman–Crippen MR) is 61.3 cm³/mol. The number of benzene rings is 1. The molecule has 1 N–H and O–H groups in total. The number of ether oxygens (including phenoxy) is 1. The second kappa shape index (κ2) is 4.61. The summed E-state index contributed by atoms with van der Waals surface area (Å²) in [4.78, 5) is 29.5. The number of aromatic nitrogens is 2. The highest BCUT2D eigenvalue weighted by Crippen LogP contribution is 2.12. The summed E-state index contributed by atoms with van der Waals surface area (Å²) in [5.74, 6) is 0.242. The zero-order valence-electron chi connectivity index (χ0n) is 9.14. The fraction of sp³-hybridized carbons (Fsp3) is 0.0833. The van der Waals surface area contributed by atoms with Crippen molar-refractivity contribution < 1.29 is 9.53 Å². The summed E-state index contributed by atoms with van der Waals surface area (Å²) in [6, 6.07) is 6.50. The fourth-order valence-corrected chi connectivity index (χ4v) is 1.39. The number of H-pyrrole nitrogens is 1. The maximum absolute atomic E-state index is 11.9. The van der Waals surface area contributed by atoms with E-state index < -0.39 is 11.3 Å². The van der Waals surface area contributed by atoms with Crippen LogP contribution in [0.25, 0.3) is 0 Å². The van der Waals surface area contributed by atoms with E-state index in [4.69, 9.17) is 4.74 Å². The molecule has 1 aromatic carbocycles. The van der Waals surface area contributed by atoms with Gasteiger partial charge in [0.15, 0.2) is 5.69 Å². The maximum atomic E-state index is 11.9. The molecule has 0 aliphatic rings. The van der Waals surface area contributed by atoms with Crippen molar-refractivity contribution in [3.8, 4) is 5.75 Å². The normalized spacial score (nSPS) is 9.94. The Labute approximate surface area is 97.1 Å². The Bertz CT molecular complexity index is 587. The molecule has 0 saturated heterocycles. The molecule has 0 aliphatic carbocycles. The van der Waals surface area contributed by atoms with Crippen LogP contribution >= 0.6 is 0 Å². The van der Waals surface area contributed by atoms with Gasteiger partial charge in [-0.2, -0.15) is 0 Å². The molecule has 0 aliphatic heterocycles. The minimum absolute atomic E-state index is 0.113. The lowest BCUT2D eigenvalue weighted by atomic mass is 10.1. The van der Waals surface area contributed by atoms with Crippen LogP contribution in [-0.4, -0.2) is 22.9 Å². The zero-order chi connectivity index (χ0) is 12.3. The Hall–Kier alpha value is -2.43. The Morgan fingerprint density at radius 3 is 2.59 bits per heavy atom. The van der Waals surface area contributed by atoms with E-state index in [-0.39, 0.29) is 5.69 Å². The molecule has 2 rings (SSSR count). The number of ketones is 1. The number of aromatic amines is 1. The second-order valence-electron chi connectivity index (χ2n) is 3.32. The molecule has 0 saturated carbocycles. The van der Waals surface area contributed by atoms with E-state index in [9.17, 15) is 9.59 Å². The van der Waals surface area contributed by atoms with Gasteiger partial charge < -0.3 is 9.72 Å². The summed E-state index contributed by atoms with van der Waals surface area (Å²) in [6.07, 6.45) is 2.76. The van der Waals surface area contributed by atoms with Gasteiger partial charge in [-0.05, 0) is 24.3 Å². The summed E-state index contributed by atoms with van der Waals surface area (Å²) in [5, 5.41) is 0. The Morgan fingerprint density at radius 2 is 2.00 bits per heavy atom. The zero-order valence-corrected chi connectivity index (χ0v) is 9.14. The summed E-state index contributed by atoms with van der Waals surface area (Å²) >= 11 is 0. The molecule has 1 heterocycles. The first-order valence-electron chi connectivity index (χ1n) is 4.95. The van der Waals surface area contributed by atoms with Gasteiger partial charge in [0.1, 0.15) is 5.75 Å². The first kappa shape index (κ1) is 11.1. The lowest BCUT2D eigenvalue weighted by molar-refractivity contribution is 0.103. The van der Waals surface area contributed by atoms with Crippen LogP contribution in [-0.2, 0) is 0 Å². The Balaban J connectivity index is 2.37. The number of hydrogen-bond donors (Lipinski definition) is 1. The quantitative estimate of drug-likeness (QED) is 0.799. The van der Waals surface area contributed by atoms with Crippen LogP contribution in [0.3, 0.4) is 0 Å². The standard InChI is InChI=1S/C12H10N2O3/c1-17-9-4-2-8(3-5-9)11(15)10-12(16)14-7-6-13-10/h2-7H,1H3,(H,14,16). The minimum atomic E-state index is -0.492. The molecule has 0 atom stereocenters. The van der Waals surface area contributed by atoms with Crippen LogP contribution in [0.2, 0.25) is 0 Å². The van der Waals surface area contributed by atoms with Crippen molar-refractivity contribution >= 4 is 5.78 Å². The van der Waals surface area contributed by atoms with E-state index in [1.165, 1.54) is 12.4 Å². The molecule has 17 heavy (non-hydrogen) atoms. The molecule has 2 aromatic rings. The van der Waals surface area contributed by atoms with Gasteiger partial charge in [0.25, 0.3) is 5.56 Å². The third-order valence-electron chi connectivity index (χ3n) is 2.27. The highest BCUT2D eigenvalue weighted by Gasteiger charge is 2.13. The number of nitrogens with zero attached hydrogens (tertiary/aromatic N) is 1. The molecular weight excluding hydrogens is 220 g/mol. The van der Waals surface area contributed by atoms with Crippen LogP contribution in [0.1, 0.15) is 16.1 Å². The van der Waals surface area contributed by atoms with E-state index in [1.807, 2.05) is 0 Å². The van der Waals surface area contributed by atoms with Crippen molar-refractivity contribution in [2.24, 2.45) is 0 Å². The number of hydrogen-bond acceptors (Lipinski definition) is 4. The van der Waals surface area contributed by atoms with Crippen molar-refractivity contribution in [1.82, 2.24) is 9.97 Å². The third-order valence-corrected chi connectivity index (χ3v) is 2.27. The van der Waals surface area contributed by atoms with Gasteiger partial charge in [-0.1, -0.05) is 0 Å². The summed E-state index contributed by atoms with van der Waals surface area (Å²) in [5.41, 5.74) is -0.207. The molecule has 5 nitrogen and oxygen atoms in total. The molecule has 0 amide bonds. The molecule has 86 valence electrons. The molecule has 0 fully saturated rings. The van der Waals surface area contributed by atoms with Gasteiger partial charge in [0.2, 0.25) is 5.78 Å². The second-order valence-corrected chi connectivity index (χ2v) is 3.32. The fourth-order valence-electron chi connectivity index (χ4n) is 1.39. The largest absolute Gasteiger partial charge is 0.497 e. The molecule has 1 aromatic heterocycles. The van der Waals surface area contributed by atoms with Gasteiger partial charge in [0.05, 0.1) is 7.11 Å². The predicted octanol–water partition coefficient (Wildman–Crippen LogP) is 1.01. The number of methoxy groups -OCH3 is 1. The summed E-state index contributed by atoms with van der Waals surface area (Å²) < 4.78 is 4.98. The van der Waals surface area contributed by atoms with Gasteiger partial charge in [-0.3, -0.25) is 9.59 Å². The van der Waals surface area contributed by atoms with Gasteiger partial charge in [-0.25, -0.2) is 4.98 Å². The Kier molecular flexibility index (Phi) is 3.00. The average molecular weight is 230 g/mol. The topological polar surface area (TPSA) is 72.0 Å². The first-order valence-corrected chi connectivity index (χ1v) is 4.95. The van der Waals surface area contributed by atoms with Crippen molar-refractivity contribution in [3.63, 3.8) is 0 Å². The maximum Gasteiger partial charge on any atom is 0.277 e. The lowest BCUT2D eigenvalue weighted by Crippen LogP contribution is -2.19. The smallest absolute Gasteiger partial charge is 0.277 e. The SMILES string of the molecule is COc1ccc(C(=O)c2ncc[nH]c2=O)cc1. The number of carbonyl (C=O) groups excluding carboxylic acids is 1. The van der Waals surface area contributed by atoms with Gasteiger partial charge in [0, 0.05) is 18.0 Å². The molecule has 0 spiro atoms. The number of rotatable bonds is 3. The number of carbonyl (C=O) groups is 1.